The standard InChI is InChI=1S/C20H20FN5O2/c1-25-12-15(9-23-25)20(27)26-7-3-4-14(13-26)18-10-22-11-19(24-18)28-17-6-2-5-16(21)8-17/h2,5-6,8-12,14H,3-4,7,13H2,1H3. The fraction of sp³-hybridized carbons (Fsp3) is 0.300. The number of aromatic nitrogens is 4. The number of carbonyl (C=O) groups excluding carboxylic acids is 1. The van der Waals surface area contributed by atoms with Gasteiger partial charge in [0.15, 0.2) is 0 Å². The van der Waals surface area contributed by atoms with E-state index in [4.69, 9.17) is 4.74 Å². The van der Waals surface area contributed by atoms with E-state index in [-0.39, 0.29) is 17.6 Å². The molecule has 3 heterocycles. The van der Waals surface area contributed by atoms with Crippen molar-refractivity contribution in [2.45, 2.75) is 18.8 Å². The molecule has 0 spiro atoms. The first-order valence-electron chi connectivity index (χ1n) is 9.12. The van der Waals surface area contributed by atoms with E-state index in [0.717, 1.165) is 18.5 Å². The highest BCUT2D eigenvalue weighted by Gasteiger charge is 2.27. The van der Waals surface area contributed by atoms with Crippen LogP contribution in [0, 0.1) is 5.82 Å². The number of hydrogen-bond donors (Lipinski definition) is 0. The van der Waals surface area contributed by atoms with Crippen molar-refractivity contribution in [3.05, 3.63) is 66.1 Å². The maximum atomic E-state index is 13.3. The molecule has 7 nitrogen and oxygen atoms in total. The van der Waals surface area contributed by atoms with Crippen molar-refractivity contribution in [1.82, 2.24) is 24.6 Å². The normalized spacial score (nSPS) is 16.8. The van der Waals surface area contributed by atoms with Gasteiger partial charge in [-0.2, -0.15) is 5.10 Å². The van der Waals surface area contributed by atoms with Crippen LogP contribution in [0.2, 0.25) is 0 Å². The number of likely N-dealkylation sites (tertiary alicyclic amines) is 1. The third-order valence-electron chi connectivity index (χ3n) is 4.73. The molecule has 28 heavy (non-hydrogen) atoms. The van der Waals surface area contributed by atoms with Crippen LogP contribution in [0.4, 0.5) is 4.39 Å². The van der Waals surface area contributed by atoms with Crippen molar-refractivity contribution in [1.29, 1.82) is 0 Å². The molecule has 0 saturated carbocycles. The maximum absolute atomic E-state index is 13.3. The number of rotatable bonds is 4. The summed E-state index contributed by atoms with van der Waals surface area (Å²) in [7, 11) is 1.79. The summed E-state index contributed by atoms with van der Waals surface area (Å²) < 4.78 is 20.6. The molecule has 8 heteroatoms. The molecule has 1 atom stereocenters. The zero-order chi connectivity index (χ0) is 19.5. The summed E-state index contributed by atoms with van der Waals surface area (Å²) in [4.78, 5) is 23.3. The molecule has 0 N–H and O–H groups in total. The summed E-state index contributed by atoms with van der Waals surface area (Å²) in [6.45, 7) is 1.27. The Morgan fingerprint density at radius 1 is 1.29 bits per heavy atom. The van der Waals surface area contributed by atoms with Crippen molar-refractivity contribution in [2.75, 3.05) is 13.1 Å². The Hall–Kier alpha value is -3.29. The molecule has 1 saturated heterocycles. The summed E-state index contributed by atoms with van der Waals surface area (Å²) in [5.41, 5.74) is 1.34. The van der Waals surface area contributed by atoms with Crippen molar-refractivity contribution < 1.29 is 13.9 Å². The first-order chi connectivity index (χ1) is 13.6. The Kier molecular flexibility index (Phi) is 5.01. The fourth-order valence-corrected chi connectivity index (χ4v) is 3.38. The topological polar surface area (TPSA) is 73.1 Å². The zero-order valence-electron chi connectivity index (χ0n) is 15.5. The summed E-state index contributed by atoms with van der Waals surface area (Å²) in [5, 5.41) is 4.07. The second kappa shape index (κ2) is 7.75. The number of piperidine rings is 1. The van der Waals surface area contributed by atoms with Gasteiger partial charge in [-0.15, -0.1) is 0 Å². The number of aryl methyl sites for hydroxylation is 1. The Balaban J connectivity index is 1.48. The minimum Gasteiger partial charge on any atom is -0.437 e. The summed E-state index contributed by atoms with van der Waals surface area (Å²) in [5.74, 6) is 0.330. The third-order valence-corrected chi connectivity index (χ3v) is 4.73. The molecule has 0 aliphatic carbocycles. The predicted octanol–water partition coefficient (Wildman–Crippen LogP) is 3.16. The third kappa shape index (κ3) is 4.00. The first-order valence-corrected chi connectivity index (χ1v) is 9.12. The lowest BCUT2D eigenvalue weighted by molar-refractivity contribution is 0.0705. The van der Waals surface area contributed by atoms with Gasteiger partial charge in [-0.05, 0) is 25.0 Å². The predicted molar refractivity (Wildman–Crippen MR) is 99.6 cm³/mol. The van der Waals surface area contributed by atoms with Gasteiger partial charge in [0.05, 0.1) is 23.7 Å². The molecular formula is C20H20FN5O2. The lowest BCUT2D eigenvalue weighted by atomic mass is 9.94. The molecule has 1 aliphatic rings. The van der Waals surface area contributed by atoms with Crippen LogP contribution >= 0.6 is 0 Å². The molecule has 1 fully saturated rings. The Morgan fingerprint density at radius 3 is 2.96 bits per heavy atom. The van der Waals surface area contributed by atoms with Crippen LogP contribution in [-0.4, -0.2) is 43.6 Å². The van der Waals surface area contributed by atoms with Gasteiger partial charge in [0.1, 0.15) is 11.6 Å². The lowest BCUT2D eigenvalue weighted by Gasteiger charge is -2.32. The number of halogens is 1. The Morgan fingerprint density at radius 2 is 2.18 bits per heavy atom. The summed E-state index contributed by atoms with van der Waals surface area (Å²) in [6, 6.07) is 5.88. The van der Waals surface area contributed by atoms with Crippen LogP contribution in [0.1, 0.15) is 34.8 Å². The van der Waals surface area contributed by atoms with Gasteiger partial charge < -0.3 is 9.64 Å². The van der Waals surface area contributed by atoms with Gasteiger partial charge in [-0.3, -0.25) is 14.5 Å². The Bertz CT molecular complexity index is 990. The van der Waals surface area contributed by atoms with E-state index >= 15 is 0 Å². The van der Waals surface area contributed by atoms with Crippen molar-refractivity contribution in [3.63, 3.8) is 0 Å². The largest absolute Gasteiger partial charge is 0.437 e. The number of hydrogen-bond acceptors (Lipinski definition) is 5. The van der Waals surface area contributed by atoms with Crippen LogP contribution in [-0.2, 0) is 7.05 Å². The molecule has 0 radical (unpaired) electrons. The van der Waals surface area contributed by atoms with Crippen LogP contribution < -0.4 is 4.74 Å². The van der Waals surface area contributed by atoms with E-state index in [0.29, 0.717) is 30.3 Å². The van der Waals surface area contributed by atoms with Crippen LogP contribution in [0.15, 0.2) is 49.1 Å². The highest BCUT2D eigenvalue weighted by molar-refractivity contribution is 5.93. The fourth-order valence-electron chi connectivity index (χ4n) is 3.38. The highest BCUT2D eigenvalue weighted by Crippen LogP contribution is 2.28. The van der Waals surface area contributed by atoms with Crippen molar-refractivity contribution >= 4 is 5.91 Å². The first kappa shape index (κ1) is 18.1. The number of amides is 1. The number of nitrogens with zero attached hydrogens (tertiary/aromatic N) is 5. The molecule has 1 amide bonds. The molecule has 3 aromatic rings. The van der Waals surface area contributed by atoms with Crippen molar-refractivity contribution in [3.8, 4) is 11.6 Å². The monoisotopic (exact) mass is 381 g/mol. The van der Waals surface area contributed by atoms with Crippen LogP contribution in [0.25, 0.3) is 0 Å². The van der Waals surface area contributed by atoms with E-state index in [9.17, 15) is 9.18 Å². The minimum absolute atomic E-state index is 0.0297. The van der Waals surface area contributed by atoms with Gasteiger partial charge in [0, 0.05) is 44.5 Å². The molecule has 1 unspecified atom stereocenters. The summed E-state index contributed by atoms with van der Waals surface area (Å²) in [6.07, 6.45) is 8.29. The average Bonchev–Trinajstić information content (AvgIpc) is 3.14. The molecule has 144 valence electrons. The second-order valence-corrected chi connectivity index (χ2v) is 6.83. The molecule has 2 aromatic heterocycles. The smallest absolute Gasteiger partial charge is 0.257 e. The molecule has 0 bridgehead atoms. The van der Waals surface area contributed by atoms with E-state index in [1.165, 1.54) is 18.3 Å². The number of carbonyl (C=O) groups is 1. The number of benzene rings is 1. The molecular weight excluding hydrogens is 361 g/mol. The number of ether oxygens (including phenoxy) is 1. The zero-order valence-corrected chi connectivity index (χ0v) is 15.5. The average molecular weight is 381 g/mol. The molecule has 1 aromatic carbocycles. The SMILES string of the molecule is Cn1cc(C(=O)N2CCCC(c3cncc(Oc4cccc(F)c4)n3)C2)cn1. The van der Waals surface area contributed by atoms with E-state index in [1.807, 2.05) is 4.90 Å². The molecule has 4 rings (SSSR count). The Labute approximate surface area is 161 Å². The van der Waals surface area contributed by atoms with Crippen molar-refractivity contribution in [2.24, 2.45) is 7.05 Å². The van der Waals surface area contributed by atoms with Gasteiger partial charge in [-0.25, -0.2) is 9.37 Å². The van der Waals surface area contributed by atoms with Gasteiger partial charge >= 0.3 is 0 Å². The lowest BCUT2D eigenvalue weighted by Crippen LogP contribution is -2.39. The highest BCUT2D eigenvalue weighted by atomic mass is 19.1. The van der Waals surface area contributed by atoms with E-state index in [1.54, 1.807) is 42.5 Å². The second-order valence-electron chi connectivity index (χ2n) is 6.83. The van der Waals surface area contributed by atoms with Crippen LogP contribution in [0.5, 0.6) is 11.6 Å². The van der Waals surface area contributed by atoms with Gasteiger partial charge in [0.2, 0.25) is 5.88 Å². The quantitative estimate of drug-likeness (QED) is 0.694. The van der Waals surface area contributed by atoms with E-state index < -0.39 is 0 Å². The van der Waals surface area contributed by atoms with Crippen LogP contribution in [0.3, 0.4) is 0 Å². The maximum Gasteiger partial charge on any atom is 0.257 e. The van der Waals surface area contributed by atoms with Gasteiger partial charge in [0.25, 0.3) is 5.91 Å². The van der Waals surface area contributed by atoms with E-state index in [2.05, 4.69) is 15.1 Å². The molecule has 1 aliphatic heterocycles. The minimum atomic E-state index is -0.376. The van der Waals surface area contributed by atoms with Gasteiger partial charge in [-0.1, -0.05) is 6.07 Å². The summed E-state index contributed by atoms with van der Waals surface area (Å²) >= 11 is 0.